The molecule has 5 rings (SSSR count). The zero-order valence-electron chi connectivity index (χ0n) is 23.6. The first-order valence-electron chi connectivity index (χ1n) is 14.9. The molecule has 4 aliphatic rings. The number of nitrogens with zero attached hydrogens (tertiary/aromatic N) is 1. The molecule has 0 unspecified atom stereocenters. The van der Waals surface area contributed by atoms with E-state index in [4.69, 9.17) is 5.11 Å². The van der Waals surface area contributed by atoms with Crippen LogP contribution in [0.5, 0.6) is 0 Å². The lowest BCUT2D eigenvalue weighted by atomic mass is 9.51. The van der Waals surface area contributed by atoms with Crippen LogP contribution in [0.3, 0.4) is 0 Å². The third-order valence-electron chi connectivity index (χ3n) is 10.4. The molecule has 1 aromatic carbocycles. The Bertz CT molecular complexity index is 1170. The van der Waals surface area contributed by atoms with E-state index in [0.717, 1.165) is 70.8 Å². The highest BCUT2D eigenvalue weighted by Crippen LogP contribution is 2.66. The summed E-state index contributed by atoms with van der Waals surface area (Å²) in [5, 5.41) is 20.9. The molecule has 0 saturated heterocycles. The Morgan fingerprint density at radius 2 is 1.82 bits per heavy atom. The van der Waals surface area contributed by atoms with Crippen LogP contribution in [-0.2, 0) is 4.79 Å². The number of hydrogen-bond acceptors (Lipinski definition) is 4. The van der Waals surface area contributed by atoms with Gasteiger partial charge in [-0.05, 0) is 105 Å². The maximum absolute atomic E-state index is 12.3. The minimum atomic E-state index is -0.935. The Kier molecular flexibility index (Phi) is 7.90. The first-order valence-corrected chi connectivity index (χ1v) is 14.9. The number of aliphatic hydroxyl groups is 2. The largest absolute Gasteiger partial charge is 0.396 e. The summed E-state index contributed by atoms with van der Waals surface area (Å²) in [6, 6.07) is 9.13. The van der Waals surface area contributed by atoms with Crippen LogP contribution in [0.2, 0.25) is 0 Å². The predicted octanol–water partition coefficient (Wildman–Crippen LogP) is 6.33. The average Bonchev–Trinajstić information content (AvgIpc) is 3.17. The SMILES string of the molecule is CC#C[C@]1(O)CC[C@H]2[C@@H]3CCC4=CC(=O)CCC4=C3[C@@H](c3ccc(N(C)CCCCCCO)cc3)C[C@@]21C. The van der Waals surface area contributed by atoms with E-state index in [-0.39, 0.29) is 23.7 Å². The molecule has 0 bridgehead atoms. The Labute approximate surface area is 229 Å². The second kappa shape index (κ2) is 11.0. The van der Waals surface area contributed by atoms with Crippen LogP contribution in [-0.4, -0.2) is 41.8 Å². The van der Waals surface area contributed by atoms with Gasteiger partial charge in [-0.15, -0.1) is 5.92 Å². The second-order valence-corrected chi connectivity index (χ2v) is 12.4. The van der Waals surface area contributed by atoms with Crippen molar-refractivity contribution in [2.24, 2.45) is 17.3 Å². The minimum Gasteiger partial charge on any atom is -0.396 e. The normalized spacial score (nSPS) is 32.1. The summed E-state index contributed by atoms with van der Waals surface area (Å²) in [4.78, 5) is 14.6. The molecule has 4 aliphatic carbocycles. The van der Waals surface area contributed by atoms with Crippen molar-refractivity contribution < 1.29 is 15.0 Å². The van der Waals surface area contributed by atoms with Gasteiger partial charge in [0.25, 0.3) is 0 Å². The van der Waals surface area contributed by atoms with Gasteiger partial charge in [0.2, 0.25) is 0 Å². The van der Waals surface area contributed by atoms with E-state index in [0.29, 0.717) is 18.3 Å². The number of fused-ring (bicyclic) bond motifs is 4. The quantitative estimate of drug-likeness (QED) is 0.314. The molecule has 0 spiro atoms. The van der Waals surface area contributed by atoms with Crippen molar-refractivity contribution in [1.82, 2.24) is 0 Å². The van der Waals surface area contributed by atoms with Gasteiger partial charge in [0.05, 0.1) is 0 Å². The number of anilines is 1. The third kappa shape index (κ3) is 4.78. The summed E-state index contributed by atoms with van der Waals surface area (Å²) < 4.78 is 0. The first kappa shape index (κ1) is 27.2. The summed E-state index contributed by atoms with van der Waals surface area (Å²) >= 11 is 0. The van der Waals surface area contributed by atoms with E-state index in [9.17, 15) is 9.90 Å². The van der Waals surface area contributed by atoms with E-state index in [1.807, 2.05) is 13.0 Å². The number of allylic oxidation sites excluding steroid dienone is 4. The van der Waals surface area contributed by atoms with Crippen LogP contribution in [0.1, 0.15) is 96.0 Å². The molecule has 2 fully saturated rings. The van der Waals surface area contributed by atoms with Gasteiger partial charge >= 0.3 is 0 Å². The summed E-state index contributed by atoms with van der Waals surface area (Å²) in [7, 11) is 2.16. The van der Waals surface area contributed by atoms with E-state index in [2.05, 4.69) is 55.0 Å². The Hall–Kier alpha value is -2.35. The first-order chi connectivity index (χ1) is 18.3. The van der Waals surface area contributed by atoms with Crippen molar-refractivity contribution in [3.63, 3.8) is 0 Å². The van der Waals surface area contributed by atoms with Gasteiger partial charge in [0.1, 0.15) is 5.60 Å². The predicted molar refractivity (Wildman–Crippen MR) is 154 cm³/mol. The van der Waals surface area contributed by atoms with Crippen LogP contribution in [0.15, 0.2) is 47.1 Å². The lowest BCUT2D eigenvalue weighted by molar-refractivity contribution is -0.114. The fraction of sp³-hybridized carbons (Fsp3) is 0.618. The fourth-order valence-corrected chi connectivity index (χ4v) is 8.28. The van der Waals surface area contributed by atoms with E-state index < -0.39 is 5.60 Å². The highest BCUT2D eigenvalue weighted by atomic mass is 16.3. The molecule has 38 heavy (non-hydrogen) atoms. The van der Waals surface area contributed by atoms with Crippen molar-refractivity contribution in [3.05, 3.63) is 52.6 Å². The van der Waals surface area contributed by atoms with Crippen LogP contribution < -0.4 is 4.90 Å². The Morgan fingerprint density at radius 3 is 2.55 bits per heavy atom. The number of rotatable bonds is 8. The topological polar surface area (TPSA) is 60.8 Å². The number of hydrogen-bond donors (Lipinski definition) is 2. The Balaban J connectivity index is 1.47. The smallest absolute Gasteiger partial charge is 0.156 e. The summed E-state index contributed by atoms with van der Waals surface area (Å²) in [6.45, 7) is 5.45. The molecule has 0 amide bonds. The summed E-state index contributed by atoms with van der Waals surface area (Å²) in [5.74, 6) is 7.72. The zero-order chi connectivity index (χ0) is 26.9. The standard InChI is InChI=1S/C34H45NO3/c1-4-18-34(38)19-17-31-29-15-11-25-22-27(37)14-16-28(25)32(29)30(23-33(31,34)2)24-9-12-26(13-10-24)35(3)20-7-5-6-8-21-36/h9-10,12-13,22,29-31,36,38H,5-8,11,14-17,19-21,23H2,1-3H3/t29-,30+,31-,33-,34-/m0/s1. The van der Waals surface area contributed by atoms with Gasteiger partial charge in [-0.1, -0.05) is 43.4 Å². The lowest BCUT2D eigenvalue weighted by Gasteiger charge is -2.53. The summed E-state index contributed by atoms with van der Waals surface area (Å²) in [6.07, 6.45) is 12.4. The molecule has 0 aliphatic heterocycles. The molecule has 2 saturated carbocycles. The number of carbonyl (C=O) groups is 1. The molecular weight excluding hydrogens is 470 g/mol. The van der Waals surface area contributed by atoms with Crippen molar-refractivity contribution >= 4 is 11.5 Å². The molecule has 1 aromatic rings. The van der Waals surface area contributed by atoms with Crippen molar-refractivity contribution in [2.45, 2.75) is 96.0 Å². The number of unbranched alkanes of at least 4 members (excludes halogenated alkanes) is 3. The molecule has 2 N–H and O–H groups in total. The number of carbonyl (C=O) groups excluding carboxylic acids is 1. The lowest BCUT2D eigenvalue weighted by Crippen LogP contribution is -2.51. The van der Waals surface area contributed by atoms with E-state index in [1.54, 1.807) is 5.57 Å². The van der Waals surface area contributed by atoms with Crippen LogP contribution in [0.25, 0.3) is 0 Å². The van der Waals surface area contributed by atoms with Gasteiger partial charge in [0, 0.05) is 43.6 Å². The number of ketones is 1. The van der Waals surface area contributed by atoms with Crippen LogP contribution in [0.4, 0.5) is 5.69 Å². The fourth-order valence-electron chi connectivity index (χ4n) is 8.28. The molecule has 0 radical (unpaired) electrons. The van der Waals surface area contributed by atoms with E-state index >= 15 is 0 Å². The number of aliphatic hydroxyl groups excluding tert-OH is 1. The third-order valence-corrected chi connectivity index (χ3v) is 10.4. The highest BCUT2D eigenvalue weighted by molar-refractivity contribution is 5.93. The maximum Gasteiger partial charge on any atom is 0.156 e. The molecular formula is C34H45NO3. The number of benzene rings is 1. The molecule has 0 aromatic heterocycles. The molecule has 4 nitrogen and oxygen atoms in total. The molecule has 5 atom stereocenters. The average molecular weight is 516 g/mol. The van der Waals surface area contributed by atoms with Crippen molar-refractivity contribution in [3.8, 4) is 11.8 Å². The highest BCUT2D eigenvalue weighted by Gasteiger charge is 2.62. The van der Waals surface area contributed by atoms with Crippen LogP contribution >= 0.6 is 0 Å². The van der Waals surface area contributed by atoms with Crippen LogP contribution in [0, 0.1) is 29.1 Å². The van der Waals surface area contributed by atoms with Gasteiger partial charge in [-0.25, -0.2) is 0 Å². The van der Waals surface area contributed by atoms with Gasteiger partial charge in [-0.3, -0.25) is 4.79 Å². The Morgan fingerprint density at radius 1 is 1.05 bits per heavy atom. The zero-order valence-corrected chi connectivity index (χ0v) is 23.6. The molecule has 4 heteroatoms. The minimum absolute atomic E-state index is 0.245. The maximum atomic E-state index is 12.3. The molecule has 204 valence electrons. The second-order valence-electron chi connectivity index (χ2n) is 12.4. The van der Waals surface area contributed by atoms with Crippen molar-refractivity contribution in [2.75, 3.05) is 25.1 Å². The molecule has 0 heterocycles. The monoisotopic (exact) mass is 515 g/mol. The van der Waals surface area contributed by atoms with Gasteiger partial charge in [0.15, 0.2) is 5.78 Å². The summed E-state index contributed by atoms with van der Waals surface area (Å²) in [5.41, 5.74) is 5.67. The van der Waals surface area contributed by atoms with Gasteiger partial charge in [-0.2, -0.15) is 0 Å². The van der Waals surface area contributed by atoms with Gasteiger partial charge < -0.3 is 15.1 Å². The van der Waals surface area contributed by atoms with Crippen molar-refractivity contribution in [1.29, 1.82) is 0 Å². The van der Waals surface area contributed by atoms with E-state index in [1.165, 1.54) is 22.4 Å².